The number of anilines is 1. The number of halogens is 1. The lowest BCUT2D eigenvalue weighted by Gasteiger charge is -2.43. The molecule has 0 aliphatic heterocycles. The number of rotatable bonds is 5. The van der Waals surface area contributed by atoms with Crippen LogP contribution in [0, 0.1) is 5.92 Å². The Morgan fingerprint density at radius 2 is 1.68 bits per heavy atom. The van der Waals surface area contributed by atoms with Crippen molar-refractivity contribution >= 4 is 28.9 Å². The highest BCUT2D eigenvalue weighted by molar-refractivity contribution is 6.30. The van der Waals surface area contributed by atoms with E-state index in [1.54, 1.807) is 19.1 Å². The first kappa shape index (κ1) is 20.3. The van der Waals surface area contributed by atoms with E-state index in [1.807, 2.05) is 42.5 Å². The zero-order chi connectivity index (χ0) is 20.5. The Morgan fingerprint density at radius 3 is 2.21 bits per heavy atom. The number of carbonyl (C=O) groups excluding carboxylic acids is 2. The largest absolute Gasteiger partial charge is 0.389 e. The molecule has 0 saturated carbocycles. The fourth-order valence-corrected chi connectivity index (χ4v) is 4.34. The highest BCUT2D eigenvalue weighted by Crippen LogP contribution is 2.47. The van der Waals surface area contributed by atoms with Crippen LogP contribution in [0.15, 0.2) is 65.9 Å². The molecule has 28 heavy (non-hydrogen) atoms. The molecule has 0 saturated heterocycles. The third-order valence-electron chi connectivity index (χ3n) is 5.29. The molecule has 146 valence electrons. The van der Waals surface area contributed by atoms with Crippen LogP contribution in [0.3, 0.4) is 0 Å². The summed E-state index contributed by atoms with van der Waals surface area (Å²) in [6, 6.07) is 16.6. The van der Waals surface area contributed by atoms with Gasteiger partial charge in [-0.2, -0.15) is 0 Å². The summed E-state index contributed by atoms with van der Waals surface area (Å²) in [4.78, 5) is 25.3. The van der Waals surface area contributed by atoms with Crippen LogP contribution in [-0.4, -0.2) is 22.3 Å². The number of nitrogens with one attached hydrogen (secondary N) is 1. The Balaban J connectivity index is 2.21. The predicted molar refractivity (Wildman–Crippen MR) is 111 cm³/mol. The van der Waals surface area contributed by atoms with Gasteiger partial charge in [-0.15, -0.1) is 0 Å². The summed E-state index contributed by atoms with van der Waals surface area (Å²) in [5.41, 5.74) is 1.47. The minimum Gasteiger partial charge on any atom is -0.389 e. The third kappa shape index (κ3) is 4.03. The van der Waals surface area contributed by atoms with Crippen molar-refractivity contribution in [1.29, 1.82) is 0 Å². The highest BCUT2D eigenvalue weighted by Gasteiger charge is 2.49. The Morgan fingerprint density at radius 1 is 1.07 bits per heavy atom. The van der Waals surface area contributed by atoms with E-state index >= 15 is 0 Å². The molecule has 3 rings (SSSR count). The summed E-state index contributed by atoms with van der Waals surface area (Å²) in [7, 11) is 0. The van der Waals surface area contributed by atoms with Crippen molar-refractivity contribution in [2.75, 3.05) is 5.32 Å². The van der Waals surface area contributed by atoms with Crippen LogP contribution in [0.4, 0.5) is 5.69 Å². The molecule has 0 aromatic heterocycles. The second-order valence-corrected chi connectivity index (χ2v) is 8.03. The fourth-order valence-electron chi connectivity index (χ4n) is 4.22. The van der Waals surface area contributed by atoms with E-state index in [-0.39, 0.29) is 18.0 Å². The lowest BCUT2D eigenvalue weighted by Crippen LogP contribution is -2.48. The van der Waals surface area contributed by atoms with Crippen molar-refractivity contribution in [2.45, 2.75) is 38.7 Å². The quantitative estimate of drug-likeness (QED) is 0.764. The Labute approximate surface area is 170 Å². The summed E-state index contributed by atoms with van der Waals surface area (Å²) in [6.07, 6.45) is 0.186. The summed E-state index contributed by atoms with van der Waals surface area (Å²) < 4.78 is 0. The molecule has 0 fully saturated rings. The Bertz CT molecular complexity index is 917. The minimum absolute atomic E-state index is 0.125. The van der Waals surface area contributed by atoms with Crippen LogP contribution in [0.1, 0.15) is 38.7 Å². The normalized spacial score (nSPS) is 24.8. The van der Waals surface area contributed by atoms with Gasteiger partial charge in [0.25, 0.3) is 0 Å². The van der Waals surface area contributed by atoms with E-state index in [2.05, 4.69) is 5.32 Å². The van der Waals surface area contributed by atoms with Gasteiger partial charge in [-0.1, -0.05) is 41.9 Å². The van der Waals surface area contributed by atoms with Gasteiger partial charge in [0.05, 0.1) is 11.5 Å². The Kier molecular flexibility index (Phi) is 5.73. The monoisotopic (exact) mass is 397 g/mol. The molecular weight excluding hydrogens is 374 g/mol. The highest BCUT2D eigenvalue weighted by atomic mass is 35.5. The first-order valence-electron chi connectivity index (χ1n) is 9.25. The fraction of sp³-hybridized carbons (Fsp3) is 0.304. The number of para-hydroxylation sites is 1. The van der Waals surface area contributed by atoms with E-state index in [0.717, 1.165) is 11.3 Å². The molecule has 0 amide bonds. The molecule has 0 spiro atoms. The number of hydrogen-bond donors (Lipinski definition) is 2. The van der Waals surface area contributed by atoms with Gasteiger partial charge in [0.15, 0.2) is 5.78 Å². The summed E-state index contributed by atoms with van der Waals surface area (Å²) >= 11 is 6.03. The minimum atomic E-state index is -1.30. The lowest BCUT2D eigenvalue weighted by atomic mass is 9.64. The van der Waals surface area contributed by atoms with E-state index in [0.29, 0.717) is 16.3 Å². The van der Waals surface area contributed by atoms with Crippen LogP contribution in [-0.2, 0) is 9.59 Å². The van der Waals surface area contributed by atoms with Gasteiger partial charge in [0.2, 0.25) is 0 Å². The van der Waals surface area contributed by atoms with E-state index in [4.69, 9.17) is 11.6 Å². The molecule has 4 nitrogen and oxygen atoms in total. The van der Waals surface area contributed by atoms with Crippen molar-refractivity contribution in [1.82, 2.24) is 0 Å². The van der Waals surface area contributed by atoms with Crippen LogP contribution in [0.2, 0.25) is 5.02 Å². The molecule has 3 atom stereocenters. The van der Waals surface area contributed by atoms with Crippen LogP contribution >= 0.6 is 11.6 Å². The number of allylic oxidation sites excluding steroid dienone is 1. The first-order valence-corrected chi connectivity index (χ1v) is 9.63. The van der Waals surface area contributed by atoms with Crippen molar-refractivity contribution in [3.63, 3.8) is 0 Å². The zero-order valence-electron chi connectivity index (χ0n) is 16.2. The van der Waals surface area contributed by atoms with Gasteiger partial charge < -0.3 is 10.4 Å². The zero-order valence-corrected chi connectivity index (χ0v) is 17.0. The maximum absolute atomic E-state index is 12.7. The topological polar surface area (TPSA) is 66.4 Å². The number of hydrogen-bond acceptors (Lipinski definition) is 4. The third-order valence-corrected chi connectivity index (χ3v) is 5.54. The van der Waals surface area contributed by atoms with Gasteiger partial charge in [0, 0.05) is 34.3 Å². The van der Waals surface area contributed by atoms with Gasteiger partial charge in [-0.3, -0.25) is 9.59 Å². The molecule has 2 aromatic rings. The van der Waals surface area contributed by atoms with Crippen LogP contribution in [0.5, 0.6) is 0 Å². The van der Waals surface area contributed by atoms with Crippen LogP contribution < -0.4 is 5.32 Å². The van der Waals surface area contributed by atoms with E-state index < -0.39 is 17.4 Å². The molecule has 2 aromatic carbocycles. The van der Waals surface area contributed by atoms with E-state index in [1.165, 1.54) is 13.8 Å². The van der Waals surface area contributed by atoms with Crippen LogP contribution in [0.25, 0.3) is 0 Å². The number of Topliss-reactive ketones (excluding diaryl/α,β-unsaturated/α-hetero) is 2. The average Bonchev–Trinajstić information content (AvgIpc) is 2.61. The van der Waals surface area contributed by atoms with E-state index in [9.17, 15) is 14.7 Å². The predicted octanol–water partition coefficient (Wildman–Crippen LogP) is 4.74. The molecule has 0 heterocycles. The molecule has 0 bridgehead atoms. The first-order chi connectivity index (χ1) is 13.2. The van der Waals surface area contributed by atoms with Gasteiger partial charge in [0.1, 0.15) is 5.78 Å². The van der Waals surface area contributed by atoms with Gasteiger partial charge in [-0.05, 0) is 50.6 Å². The number of ketones is 2. The van der Waals surface area contributed by atoms with Crippen molar-refractivity contribution in [3.05, 3.63) is 76.5 Å². The number of benzene rings is 2. The SMILES string of the molecule is CC(=O)C1=C(Nc2ccccc2)C[C@](C)(O)[C@H](C(C)=O)[C@@H]1c1ccc(Cl)cc1. The average molecular weight is 398 g/mol. The maximum atomic E-state index is 12.7. The summed E-state index contributed by atoms with van der Waals surface area (Å²) in [6.45, 7) is 4.63. The van der Waals surface area contributed by atoms with Crippen molar-refractivity contribution < 1.29 is 14.7 Å². The standard InChI is InChI=1S/C23H24ClNO3/c1-14(26)20-19(25-18-7-5-4-6-8-18)13-23(3,28)22(15(2)27)21(20)16-9-11-17(24)12-10-16/h4-12,21-22,25,28H,13H2,1-3H3/t21-,22-,23+/m1/s1. The number of aliphatic hydroxyl groups is 1. The molecule has 5 heteroatoms. The maximum Gasteiger partial charge on any atom is 0.158 e. The molecule has 0 radical (unpaired) electrons. The smallest absolute Gasteiger partial charge is 0.158 e. The number of carbonyl (C=O) groups is 2. The Hall–Kier alpha value is -2.43. The molecule has 2 N–H and O–H groups in total. The molecular formula is C23H24ClNO3. The van der Waals surface area contributed by atoms with Crippen molar-refractivity contribution in [3.8, 4) is 0 Å². The van der Waals surface area contributed by atoms with Crippen molar-refractivity contribution in [2.24, 2.45) is 5.92 Å². The molecule has 1 aliphatic rings. The second-order valence-electron chi connectivity index (χ2n) is 7.59. The lowest BCUT2D eigenvalue weighted by molar-refractivity contribution is -0.131. The summed E-state index contributed by atoms with van der Waals surface area (Å²) in [5.74, 6) is -1.56. The van der Waals surface area contributed by atoms with Gasteiger partial charge >= 0.3 is 0 Å². The van der Waals surface area contributed by atoms with Gasteiger partial charge in [-0.25, -0.2) is 0 Å². The second kappa shape index (κ2) is 7.90. The summed E-state index contributed by atoms with van der Waals surface area (Å²) in [5, 5.41) is 15.1. The molecule has 0 unspecified atom stereocenters. The molecule has 1 aliphatic carbocycles.